The second-order valence-electron chi connectivity index (χ2n) is 6.97. The number of likely N-dealkylation sites (tertiary alicyclic amines) is 1. The fourth-order valence-electron chi connectivity index (χ4n) is 3.39. The first-order chi connectivity index (χ1) is 12.7. The van der Waals surface area contributed by atoms with Gasteiger partial charge < -0.3 is 5.32 Å². The molecule has 26 heavy (non-hydrogen) atoms. The highest BCUT2D eigenvalue weighted by molar-refractivity contribution is 5.88. The Morgan fingerprint density at radius 1 is 1.08 bits per heavy atom. The quantitative estimate of drug-likeness (QED) is 0.850. The van der Waals surface area contributed by atoms with E-state index in [9.17, 15) is 4.79 Å². The number of nitrogens with zero attached hydrogens (tertiary/aromatic N) is 1. The molecule has 0 bridgehead atoms. The van der Waals surface area contributed by atoms with Crippen molar-refractivity contribution in [1.82, 2.24) is 4.90 Å². The maximum atomic E-state index is 11.0. The average Bonchev–Trinajstić information content (AvgIpc) is 2.65. The minimum absolute atomic E-state index is 0.0560. The van der Waals surface area contributed by atoms with E-state index < -0.39 is 0 Å². The average molecular weight is 346 g/mol. The zero-order chi connectivity index (χ0) is 18.2. The molecule has 0 radical (unpaired) electrons. The van der Waals surface area contributed by atoms with E-state index in [4.69, 9.17) is 0 Å². The van der Waals surface area contributed by atoms with E-state index in [1.54, 1.807) is 0 Å². The van der Waals surface area contributed by atoms with Crippen molar-refractivity contribution in [2.75, 3.05) is 25.0 Å². The highest BCUT2D eigenvalue weighted by atomic mass is 16.1. The Morgan fingerprint density at radius 3 is 2.42 bits per heavy atom. The van der Waals surface area contributed by atoms with E-state index in [-0.39, 0.29) is 5.91 Å². The molecular formula is C23H26N2O. The maximum Gasteiger partial charge on any atom is 0.221 e. The molecule has 1 heterocycles. The van der Waals surface area contributed by atoms with Crippen LogP contribution in [0.2, 0.25) is 0 Å². The normalized spacial score (nSPS) is 15.1. The Morgan fingerprint density at radius 2 is 1.77 bits per heavy atom. The van der Waals surface area contributed by atoms with Crippen LogP contribution in [0.3, 0.4) is 0 Å². The Balaban J connectivity index is 1.42. The van der Waals surface area contributed by atoms with Crippen LogP contribution in [0.5, 0.6) is 0 Å². The summed E-state index contributed by atoms with van der Waals surface area (Å²) in [4.78, 5) is 13.5. The van der Waals surface area contributed by atoms with E-state index in [2.05, 4.69) is 52.4 Å². The summed E-state index contributed by atoms with van der Waals surface area (Å²) in [6, 6.07) is 18.5. The van der Waals surface area contributed by atoms with Crippen molar-refractivity contribution in [3.63, 3.8) is 0 Å². The van der Waals surface area contributed by atoms with E-state index in [1.165, 1.54) is 31.7 Å². The highest BCUT2D eigenvalue weighted by Gasteiger charge is 2.18. The van der Waals surface area contributed by atoms with Crippen molar-refractivity contribution in [1.29, 1.82) is 0 Å². The summed E-state index contributed by atoms with van der Waals surface area (Å²) in [5.74, 6) is 7.24. The third-order valence-electron chi connectivity index (χ3n) is 4.82. The molecule has 0 unspecified atom stereocenters. The summed E-state index contributed by atoms with van der Waals surface area (Å²) in [5, 5.41) is 2.77. The summed E-state index contributed by atoms with van der Waals surface area (Å²) in [6.07, 6.45) is 3.70. The first-order valence-electron chi connectivity index (χ1n) is 9.32. The van der Waals surface area contributed by atoms with Gasteiger partial charge in [-0.15, -0.1) is 0 Å². The molecule has 0 saturated carbocycles. The number of anilines is 1. The van der Waals surface area contributed by atoms with E-state index in [0.29, 0.717) is 0 Å². The van der Waals surface area contributed by atoms with Gasteiger partial charge in [-0.2, -0.15) is 0 Å². The molecule has 1 aliphatic rings. The number of amides is 1. The standard InChI is InChI=1S/C23H26N2O/c1-19(26)24-23-11-9-20(10-12-23)8-5-15-25-16-13-22(14-17-25)18-21-6-3-2-4-7-21/h2-4,6-7,9-12,22H,13-18H2,1H3,(H,24,26). The third-order valence-corrected chi connectivity index (χ3v) is 4.82. The van der Waals surface area contributed by atoms with Gasteiger partial charge in [0.1, 0.15) is 0 Å². The summed E-state index contributed by atoms with van der Waals surface area (Å²) in [6.45, 7) is 4.60. The molecule has 2 aromatic carbocycles. The van der Waals surface area contributed by atoms with E-state index >= 15 is 0 Å². The smallest absolute Gasteiger partial charge is 0.221 e. The van der Waals surface area contributed by atoms with Gasteiger partial charge in [0, 0.05) is 18.2 Å². The lowest BCUT2D eigenvalue weighted by atomic mass is 9.90. The van der Waals surface area contributed by atoms with Crippen molar-refractivity contribution in [2.45, 2.75) is 26.2 Å². The highest BCUT2D eigenvalue weighted by Crippen LogP contribution is 2.21. The zero-order valence-corrected chi connectivity index (χ0v) is 15.4. The van der Waals surface area contributed by atoms with E-state index in [1.807, 2.05) is 24.3 Å². The minimum atomic E-state index is -0.0560. The molecule has 3 rings (SSSR count). The molecule has 0 aromatic heterocycles. The summed E-state index contributed by atoms with van der Waals surface area (Å²) in [7, 11) is 0. The fraction of sp³-hybridized carbons (Fsp3) is 0.348. The van der Waals surface area contributed by atoms with Gasteiger partial charge in [0.25, 0.3) is 0 Å². The Labute approximate surface area is 156 Å². The van der Waals surface area contributed by atoms with Crippen LogP contribution in [0.4, 0.5) is 5.69 Å². The molecule has 0 aliphatic carbocycles. The maximum absolute atomic E-state index is 11.0. The second-order valence-corrected chi connectivity index (χ2v) is 6.97. The number of nitrogens with one attached hydrogen (secondary N) is 1. The Bertz CT molecular complexity index is 763. The van der Waals surface area contributed by atoms with Crippen molar-refractivity contribution < 1.29 is 4.79 Å². The van der Waals surface area contributed by atoms with Gasteiger partial charge in [0.05, 0.1) is 6.54 Å². The largest absolute Gasteiger partial charge is 0.326 e. The molecule has 1 N–H and O–H groups in total. The molecule has 0 atom stereocenters. The molecule has 3 nitrogen and oxygen atoms in total. The molecule has 2 aromatic rings. The van der Waals surface area contributed by atoms with Crippen LogP contribution < -0.4 is 5.32 Å². The second kappa shape index (κ2) is 9.22. The van der Waals surface area contributed by atoms with Crippen LogP contribution in [0, 0.1) is 17.8 Å². The number of hydrogen-bond acceptors (Lipinski definition) is 2. The number of benzene rings is 2. The van der Waals surface area contributed by atoms with Gasteiger partial charge in [0.2, 0.25) is 5.91 Å². The van der Waals surface area contributed by atoms with Gasteiger partial charge in [0.15, 0.2) is 0 Å². The number of carbonyl (C=O) groups excluding carboxylic acids is 1. The van der Waals surface area contributed by atoms with Crippen molar-refractivity contribution in [3.8, 4) is 11.8 Å². The number of carbonyl (C=O) groups is 1. The lowest BCUT2D eigenvalue weighted by molar-refractivity contribution is -0.114. The predicted octanol–water partition coefficient (Wildman–Crippen LogP) is 3.95. The van der Waals surface area contributed by atoms with Gasteiger partial charge in [-0.25, -0.2) is 0 Å². The first-order valence-corrected chi connectivity index (χ1v) is 9.32. The van der Waals surface area contributed by atoms with Crippen LogP contribution in [0.15, 0.2) is 54.6 Å². The topological polar surface area (TPSA) is 32.3 Å². The van der Waals surface area contributed by atoms with Crippen molar-refractivity contribution in [3.05, 3.63) is 65.7 Å². The molecule has 1 amide bonds. The van der Waals surface area contributed by atoms with Crippen LogP contribution in [-0.4, -0.2) is 30.4 Å². The van der Waals surface area contributed by atoms with E-state index in [0.717, 1.165) is 36.8 Å². The first kappa shape index (κ1) is 18.2. The lowest BCUT2D eigenvalue weighted by Gasteiger charge is -2.30. The third kappa shape index (κ3) is 5.75. The number of hydrogen-bond donors (Lipinski definition) is 1. The monoisotopic (exact) mass is 346 g/mol. The predicted molar refractivity (Wildman–Crippen MR) is 107 cm³/mol. The van der Waals surface area contributed by atoms with Gasteiger partial charge in [-0.1, -0.05) is 42.2 Å². The molecule has 134 valence electrons. The van der Waals surface area contributed by atoms with Gasteiger partial charge in [-0.3, -0.25) is 9.69 Å². The molecule has 1 fully saturated rings. The molecule has 1 saturated heterocycles. The van der Waals surface area contributed by atoms with Crippen LogP contribution in [-0.2, 0) is 11.2 Å². The van der Waals surface area contributed by atoms with Gasteiger partial charge in [-0.05, 0) is 68.1 Å². The SMILES string of the molecule is CC(=O)Nc1ccc(C#CCN2CCC(Cc3ccccc3)CC2)cc1. The van der Waals surface area contributed by atoms with Crippen molar-refractivity contribution in [2.24, 2.45) is 5.92 Å². The lowest BCUT2D eigenvalue weighted by Crippen LogP contribution is -2.34. The van der Waals surface area contributed by atoms with Crippen LogP contribution in [0.25, 0.3) is 0 Å². The zero-order valence-electron chi connectivity index (χ0n) is 15.4. The molecular weight excluding hydrogens is 320 g/mol. The van der Waals surface area contributed by atoms with Crippen LogP contribution >= 0.6 is 0 Å². The fourth-order valence-corrected chi connectivity index (χ4v) is 3.39. The Hall–Kier alpha value is -2.57. The van der Waals surface area contributed by atoms with Gasteiger partial charge >= 0.3 is 0 Å². The summed E-state index contributed by atoms with van der Waals surface area (Å²) in [5.41, 5.74) is 3.25. The Kier molecular flexibility index (Phi) is 6.46. The summed E-state index contributed by atoms with van der Waals surface area (Å²) >= 11 is 0. The molecule has 1 aliphatic heterocycles. The number of piperidine rings is 1. The molecule has 0 spiro atoms. The summed E-state index contributed by atoms with van der Waals surface area (Å²) < 4.78 is 0. The van der Waals surface area contributed by atoms with Crippen molar-refractivity contribution >= 4 is 11.6 Å². The minimum Gasteiger partial charge on any atom is -0.326 e. The number of rotatable bonds is 4. The molecule has 3 heteroatoms. The van der Waals surface area contributed by atoms with Crippen LogP contribution in [0.1, 0.15) is 30.9 Å².